The minimum atomic E-state index is -1.12. The van der Waals surface area contributed by atoms with Crippen LogP contribution in [0.4, 0.5) is 17.1 Å². The van der Waals surface area contributed by atoms with E-state index in [1.54, 1.807) is 12.1 Å². The topological polar surface area (TPSA) is 118 Å². The third-order valence-corrected chi connectivity index (χ3v) is 11.9. The van der Waals surface area contributed by atoms with E-state index in [-0.39, 0.29) is 30.5 Å². The molecule has 2 aliphatic heterocycles. The smallest absolute Gasteiger partial charge is 0.455 e. The van der Waals surface area contributed by atoms with Crippen LogP contribution in [0.1, 0.15) is 30.4 Å². The van der Waals surface area contributed by atoms with Gasteiger partial charge < -0.3 is 29.6 Å². The Morgan fingerprint density at radius 1 is 0.895 bits per heavy atom. The van der Waals surface area contributed by atoms with E-state index in [2.05, 4.69) is 46.1 Å². The van der Waals surface area contributed by atoms with E-state index >= 15 is 0 Å². The predicted molar refractivity (Wildman–Crippen MR) is 231 cm³/mol. The Morgan fingerprint density at radius 2 is 1.56 bits per heavy atom. The summed E-state index contributed by atoms with van der Waals surface area (Å²) in [5, 5.41) is 25.2. The molecule has 0 saturated carbocycles. The molecule has 0 bridgehead atoms. The highest BCUT2D eigenvalue weighted by Gasteiger charge is 2.57. The highest BCUT2D eigenvalue weighted by atomic mass is 127. The van der Waals surface area contributed by atoms with Crippen LogP contribution in [0.25, 0.3) is 11.6 Å². The number of hydrogen-bond donors (Lipinski definition) is 3. The summed E-state index contributed by atoms with van der Waals surface area (Å²) in [5.41, 5.74) is 7.07. The Kier molecular flexibility index (Phi) is 11.5. The number of methoxy groups -OCH3 is 1. The largest absolute Gasteiger partial charge is 0.504 e. The molecule has 5 aromatic carbocycles. The normalized spacial score (nSPS) is 20.6. The summed E-state index contributed by atoms with van der Waals surface area (Å²) >= 11 is 2.10. The van der Waals surface area contributed by atoms with E-state index in [0.29, 0.717) is 40.0 Å². The number of nitrogens with one attached hydrogen (secondary N) is 1. The van der Waals surface area contributed by atoms with Gasteiger partial charge in [-0.1, -0.05) is 72.8 Å². The van der Waals surface area contributed by atoms with Crippen LogP contribution in [0.3, 0.4) is 0 Å². The predicted octanol–water partition coefficient (Wildman–Crippen LogP) is 9.15. The van der Waals surface area contributed by atoms with E-state index in [1.807, 2.05) is 103 Å². The fraction of sp³-hybridized carbons (Fsp3) is 0.217. The highest BCUT2D eigenvalue weighted by Crippen LogP contribution is 2.51. The number of carbonyl (C=O) groups is 2. The first-order chi connectivity index (χ1) is 27.8. The molecule has 8 rings (SSSR count). The number of allylic oxidation sites excluding steroid dienone is 1. The second-order valence-corrected chi connectivity index (χ2v) is 15.8. The van der Waals surface area contributed by atoms with Gasteiger partial charge in [0.05, 0.1) is 34.3 Å². The molecule has 0 unspecified atom stereocenters. The maximum atomic E-state index is 14.5. The molecule has 0 aromatic heterocycles. The van der Waals surface area contributed by atoms with Crippen LogP contribution in [0.2, 0.25) is 6.32 Å². The summed E-state index contributed by atoms with van der Waals surface area (Å²) in [6.45, 7) is 0.226. The Bertz CT molecular complexity index is 2300. The van der Waals surface area contributed by atoms with E-state index < -0.39 is 31.0 Å². The number of amides is 2. The summed E-state index contributed by atoms with van der Waals surface area (Å²) in [6, 6.07) is 40.5. The van der Waals surface area contributed by atoms with E-state index in [4.69, 9.17) is 14.1 Å². The maximum absolute atomic E-state index is 14.5. The average Bonchev–Trinajstić information content (AvgIpc) is 3.49. The number of fused-ring (bicyclic) bond motifs is 3. The molecule has 1 aliphatic carbocycles. The van der Waals surface area contributed by atoms with Crippen molar-refractivity contribution in [1.29, 1.82) is 0 Å². The molecule has 5 aromatic rings. The summed E-state index contributed by atoms with van der Waals surface area (Å²) in [5.74, 6) is -0.979. The third-order valence-electron chi connectivity index (χ3n) is 11.1. The fourth-order valence-corrected chi connectivity index (χ4v) is 9.12. The average molecular weight is 873 g/mol. The fourth-order valence-electron chi connectivity index (χ4n) is 8.49. The number of phenols is 1. The monoisotopic (exact) mass is 872 g/mol. The van der Waals surface area contributed by atoms with Crippen molar-refractivity contribution in [2.45, 2.75) is 31.7 Å². The molecular formula is C46H42BIN2O7. The summed E-state index contributed by atoms with van der Waals surface area (Å²) in [4.78, 5) is 30.2. The maximum Gasteiger partial charge on any atom is 0.455 e. The minimum absolute atomic E-state index is 0.0931. The second kappa shape index (κ2) is 17.0. The number of nitrogens with zero attached hydrogens (tertiary/aromatic N) is 1. The molecule has 0 spiro atoms. The molecule has 4 atom stereocenters. The van der Waals surface area contributed by atoms with E-state index in [1.165, 1.54) is 12.0 Å². The van der Waals surface area contributed by atoms with Crippen molar-refractivity contribution in [3.63, 3.8) is 0 Å². The number of hydrogen-bond acceptors (Lipinski definition) is 8. The molecule has 9 nitrogen and oxygen atoms in total. The van der Waals surface area contributed by atoms with Gasteiger partial charge in [-0.05, 0) is 143 Å². The van der Waals surface area contributed by atoms with E-state index in [9.17, 15) is 19.7 Å². The molecule has 0 radical (unpaired) electrons. The lowest BCUT2D eigenvalue weighted by molar-refractivity contribution is -0.122. The molecule has 288 valence electrons. The van der Waals surface area contributed by atoms with Gasteiger partial charge in [0, 0.05) is 11.4 Å². The van der Waals surface area contributed by atoms with Gasteiger partial charge in [0.25, 0.3) is 0 Å². The van der Waals surface area contributed by atoms with Gasteiger partial charge in [-0.15, -0.1) is 0 Å². The Balaban J connectivity index is 1.11. The molecule has 2 fully saturated rings. The summed E-state index contributed by atoms with van der Waals surface area (Å²) in [6.07, 6.45) is 3.17. The first-order valence-corrected chi connectivity index (χ1v) is 20.2. The van der Waals surface area contributed by atoms with Crippen molar-refractivity contribution in [2.75, 3.05) is 23.9 Å². The second-order valence-electron chi connectivity index (χ2n) is 14.6. The third kappa shape index (κ3) is 8.23. The number of ether oxygens (including phenoxy) is 2. The molecule has 11 heteroatoms. The first-order valence-electron chi connectivity index (χ1n) is 19.1. The SMILES string of the molecule is COc1cc(/C=C(/CC[C@H]2OB(O)C[C@H]3C2=C(COc2ccccc2)C[C@H]2C(=O)N(c4ccc(Nc5ccccc5)cc4)C(=O)[C@H]23)c2ccccc2)cc(I)c1O. The highest BCUT2D eigenvalue weighted by molar-refractivity contribution is 14.1. The molecule has 57 heavy (non-hydrogen) atoms. The van der Waals surface area contributed by atoms with Crippen LogP contribution in [0.15, 0.2) is 139 Å². The van der Waals surface area contributed by atoms with Crippen molar-refractivity contribution in [2.24, 2.45) is 17.8 Å². The standard InChI is InChI=1S/C46H42BIN2O7/c1-55-41-25-29(24-39(48)44(41)51)23-31(30-11-5-2-6-12-30)17-22-40-42-32(28-56-36-15-9-4-10-16-36)26-37-43(38(42)27-47(54)57-40)46(53)50(45(37)52)35-20-18-34(19-21-35)49-33-13-7-3-8-14-33/h2-16,18-21,23-25,37-38,40,43,49,51,54H,17,22,26-28H2,1H3/b31-23-/t37-,38+,40-,43-/m1/s1. The Labute approximate surface area is 346 Å². The van der Waals surface area contributed by atoms with Crippen LogP contribution >= 0.6 is 22.6 Å². The van der Waals surface area contributed by atoms with Gasteiger partial charge in [0.15, 0.2) is 11.5 Å². The number of aromatic hydroxyl groups is 1. The van der Waals surface area contributed by atoms with Gasteiger partial charge in [-0.3, -0.25) is 14.5 Å². The Hall–Kier alpha value is -5.37. The van der Waals surface area contributed by atoms with Gasteiger partial charge >= 0.3 is 7.12 Å². The van der Waals surface area contributed by atoms with Crippen molar-refractivity contribution in [3.05, 3.63) is 153 Å². The lowest BCUT2D eigenvalue weighted by atomic mass is 9.58. The van der Waals surface area contributed by atoms with Crippen LogP contribution in [-0.4, -0.2) is 48.9 Å². The van der Waals surface area contributed by atoms with Crippen LogP contribution in [-0.2, 0) is 14.2 Å². The molecule has 2 saturated heterocycles. The molecule has 2 heterocycles. The van der Waals surface area contributed by atoms with Gasteiger partial charge in [0.2, 0.25) is 11.8 Å². The minimum Gasteiger partial charge on any atom is -0.504 e. The number of rotatable bonds is 12. The summed E-state index contributed by atoms with van der Waals surface area (Å²) < 4.78 is 18.8. The number of halogens is 1. The molecular weight excluding hydrogens is 830 g/mol. The van der Waals surface area contributed by atoms with Crippen molar-refractivity contribution in [1.82, 2.24) is 0 Å². The Morgan fingerprint density at radius 3 is 2.26 bits per heavy atom. The van der Waals surface area contributed by atoms with Crippen molar-refractivity contribution < 1.29 is 33.8 Å². The molecule has 2 amide bonds. The lowest BCUT2D eigenvalue weighted by Gasteiger charge is -2.43. The summed E-state index contributed by atoms with van der Waals surface area (Å²) in [7, 11) is 0.411. The lowest BCUT2D eigenvalue weighted by Crippen LogP contribution is -2.46. The molecule has 3 N–H and O–H groups in total. The van der Waals surface area contributed by atoms with Gasteiger partial charge in [0.1, 0.15) is 12.4 Å². The first kappa shape index (κ1) is 38.5. The number of benzene rings is 5. The number of anilines is 3. The van der Waals surface area contributed by atoms with Crippen LogP contribution < -0.4 is 19.7 Å². The van der Waals surface area contributed by atoms with Gasteiger partial charge in [-0.2, -0.15) is 0 Å². The number of carbonyl (C=O) groups excluding carboxylic acids is 2. The number of para-hydroxylation sites is 2. The van der Waals surface area contributed by atoms with Gasteiger partial charge in [-0.25, -0.2) is 0 Å². The van der Waals surface area contributed by atoms with Crippen molar-refractivity contribution in [3.8, 4) is 17.2 Å². The number of imide groups is 1. The molecule has 3 aliphatic rings. The van der Waals surface area contributed by atoms with E-state index in [0.717, 1.165) is 39.2 Å². The van der Waals surface area contributed by atoms with Crippen LogP contribution in [0.5, 0.6) is 17.2 Å². The zero-order valence-corrected chi connectivity index (χ0v) is 33.5. The van der Waals surface area contributed by atoms with Crippen LogP contribution in [0, 0.1) is 21.3 Å². The zero-order valence-electron chi connectivity index (χ0n) is 31.4. The van der Waals surface area contributed by atoms with Crippen molar-refractivity contribution >= 4 is 70.2 Å². The quantitative estimate of drug-likeness (QED) is 0.0374. The zero-order chi connectivity index (χ0) is 39.5. The number of phenolic OH excluding ortho intramolecular Hbond substituents is 1.